The highest BCUT2D eigenvalue weighted by molar-refractivity contribution is 7.91. The molecule has 1 N–H and O–H groups in total. The van der Waals surface area contributed by atoms with E-state index in [-0.39, 0.29) is 35.9 Å². The SMILES string of the molecule is CCCCN(C(=O)CN(C)Cc1ccc(C(=O)NC)cc1)[C@H]1CCS(=O)(=O)C1. The average Bonchev–Trinajstić information content (AvgIpc) is 3.01. The van der Waals surface area contributed by atoms with Gasteiger partial charge in [0.15, 0.2) is 9.84 Å². The fourth-order valence-electron chi connectivity index (χ4n) is 3.46. The van der Waals surface area contributed by atoms with Crippen molar-refractivity contribution < 1.29 is 18.0 Å². The van der Waals surface area contributed by atoms with E-state index in [2.05, 4.69) is 12.2 Å². The van der Waals surface area contributed by atoms with Crippen LogP contribution in [0.3, 0.4) is 0 Å². The summed E-state index contributed by atoms with van der Waals surface area (Å²) in [5.41, 5.74) is 1.60. The van der Waals surface area contributed by atoms with Gasteiger partial charge in [0, 0.05) is 31.7 Å². The van der Waals surface area contributed by atoms with Crippen LogP contribution in [0.5, 0.6) is 0 Å². The summed E-state index contributed by atoms with van der Waals surface area (Å²) < 4.78 is 23.7. The maximum atomic E-state index is 12.9. The Morgan fingerprint density at radius 3 is 2.43 bits per heavy atom. The summed E-state index contributed by atoms with van der Waals surface area (Å²) in [6, 6.07) is 7.08. The van der Waals surface area contributed by atoms with Gasteiger partial charge in [-0.25, -0.2) is 8.42 Å². The molecule has 1 saturated heterocycles. The summed E-state index contributed by atoms with van der Waals surface area (Å²) in [6.07, 6.45) is 2.35. The van der Waals surface area contributed by atoms with Crippen molar-refractivity contribution in [2.45, 2.75) is 38.8 Å². The number of sulfone groups is 1. The van der Waals surface area contributed by atoms with Gasteiger partial charge < -0.3 is 10.2 Å². The number of nitrogens with one attached hydrogen (secondary N) is 1. The Morgan fingerprint density at radius 2 is 1.89 bits per heavy atom. The van der Waals surface area contributed by atoms with E-state index in [0.29, 0.717) is 25.1 Å². The van der Waals surface area contributed by atoms with Gasteiger partial charge in [0.1, 0.15) is 0 Å². The number of nitrogens with zero attached hydrogens (tertiary/aromatic N) is 2. The van der Waals surface area contributed by atoms with Crippen LogP contribution < -0.4 is 5.32 Å². The zero-order valence-corrected chi connectivity index (χ0v) is 17.8. The number of rotatable bonds is 9. The lowest BCUT2D eigenvalue weighted by atomic mass is 10.1. The normalized spacial score (nSPS) is 18.2. The van der Waals surface area contributed by atoms with E-state index in [0.717, 1.165) is 18.4 Å². The molecule has 1 atom stereocenters. The Bertz CT molecular complexity index is 777. The minimum absolute atomic E-state index is 0.0277. The van der Waals surface area contributed by atoms with Crippen LogP contribution in [-0.4, -0.2) is 74.8 Å². The molecule has 1 aromatic rings. The minimum Gasteiger partial charge on any atom is -0.355 e. The molecular formula is C20H31N3O4S. The first-order valence-electron chi connectivity index (χ1n) is 9.75. The highest BCUT2D eigenvalue weighted by Crippen LogP contribution is 2.19. The van der Waals surface area contributed by atoms with E-state index in [1.165, 1.54) is 0 Å². The molecule has 0 aliphatic carbocycles. The van der Waals surface area contributed by atoms with Crippen molar-refractivity contribution >= 4 is 21.7 Å². The van der Waals surface area contributed by atoms with E-state index < -0.39 is 9.84 Å². The summed E-state index contributed by atoms with van der Waals surface area (Å²) in [6.45, 7) is 3.47. The van der Waals surface area contributed by atoms with Gasteiger partial charge in [0.05, 0.1) is 18.1 Å². The van der Waals surface area contributed by atoms with Gasteiger partial charge in [-0.2, -0.15) is 0 Å². The summed E-state index contributed by atoms with van der Waals surface area (Å²) in [7, 11) is 0.432. The first-order chi connectivity index (χ1) is 13.3. The second-order valence-corrected chi connectivity index (χ2v) is 9.67. The Kier molecular flexibility index (Phi) is 8.00. The Balaban J connectivity index is 1.96. The second kappa shape index (κ2) is 10.0. The van der Waals surface area contributed by atoms with Gasteiger partial charge in [0.25, 0.3) is 5.91 Å². The molecule has 28 heavy (non-hydrogen) atoms. The third kappa shape index (κ3) is 6.31. The van der Waals surface area contributed by atoms with Crippen LogP contribution >= 0.6 is 0 Å². The van der Waals surface area contributed by atoms with Crippen molar-refractivity contribution in [2.24, 2.45) is 0 Å². The standard InChI is InChI=1S/C20H31N3O4S/c1-4-5-11-23(18-10-12-28(26,27)15-18)19(24)14-22(3)13-16-6-8-17(9-7-16)20(25)21-2/h6-9,18H,4-5,10-15H2,1-3H3,(H,21,25)/t18-/m0/s1. The molecular weight excluding hydrogens is 378 g/mol. The van der Waals surface area contributed by atoms with E-state index in [1.54, 1.807) is 24.1 Å². The van der Waals surface area contributed by atoms with Crippen molar-refractivity contribution in [1.82, 2.24) is 15.1 Å². The summed E-state index contributed by atoms with van der Waals surface area (Å²) in [4.78, 5) is 28.2. The van der Waals surface area contributed by atoms with Crippen molar-refractivity contribution in [3.05, 3.63) is 35.4 Å². The van der Waals surface area contributed by atoms with Crippen molar-refractivity contribution in [2.75, 3.05) is 38.7 Å². The number of unbranched alkanes of at least 4 members (excludes halogenated alkanes) is 1. The number of amides is 2. The van der Waals surface area contributed by atoms with Crippen molar-refractivity contribution in [3.63, 3.8) is 0 Å². The number of hydrogen-bond acceptors (Lipinski definition) is 5. The quantitative estimate of drug-likeness (QED) is 0.664. The second-order valence-electron chi connectivity index (χ2n) is 7.45. The summed E-state index contributed by atoms with van der Waals surface area (Å²) in [5, 5.41) is 2.59. The fraction of sp³-hybridized carbons (Fsp3) is 0.600. The smallest absolute Gasteiger partial charge is 0.251 e. The molecule has 0 bridgehead atoms. The minimum atomic E-state index is -3.03. The monoisotopic (exact) mass is 409 g/mol. The van der Waals surface area contributed by atoms with Crippen LogP contribution in [-0.2, 0) is 21.2 Å². The van der Waals surface area contributed by atoms with Gasteiger partial charge in [-0.3, -0.25) is 14.5 Å². The zero-order chi connectivity index (χ0) is 20.7. The summed E-state index contributed by atoms with van der Waals surface area (Å²) >= 11 is 0. The molecule has 8 heteroatoms. The zero-order valence-electron chi connectivity index (χ0n) is 17.0. The number of benzene rings is 1. The van der Waals surface area contributed by atoms with E-state index in [9.17, 15) is 18.0 Å². The first-order valence-corrected chi connectivity index (χ1v) is 11.6. The lowest BCUT2D eigenvalue weighted by Crippen LogP contribution is -2.46. The maximum Gasteiger partial charge on any atom is 0.251 e. The number of hydrogen-bond donors (Lipinski definition) is 1. The highest BCUT2D eigenvalue weighted by Gasteiger charge is 2.34. The van der Waals surface area contributed by atoms with Crippen LogP contribution in [0, 0.1) is 0 Å². The van der Waals surface area contributed by atoms with E-state index in [1.807, 2.05) is 24.1 Å². The molecule has 0 unspecified atom stereocenters. The molecule has 1 heterocycles. The van der Waals surface area contributed by atoms with Gasteiger partial charge >= 0.3 is 0 Å². The predicted molar refractivity (Wildman–Crippen MR) is 110 cm³/mol. The van der Waals surface area contributed by atoms with Gasteiger partial charge in [-0.1, -0.05) is 25.5 Å². The van der Waals surface area contributed by atoms with Crippen molar-refractivity contribution in [3.8, 4) is 0 Å². The van der Waals surface area contributed by atoms with Crippen LogP contribution in [0.2, 0.25) is 0 Å². The molecule has 0 aromatic heterocycles. The van der Waals surface area contributed by atoms with Crippen molar-refractivity contribution in [1.29, 1.82) is 0 Å². The molecule has 7 nitrogen and oxygen atoms in total. The van der Waals surface area contributed by atoms with E-state index in [4.69, 9.17) is 0 Å². The van der Waals surface area contributed by atoms with Crippen LogP contribution in [0.4, 0.5) is 0 Å². The van der Waals surface area contributed by atoms with Gasteiger partial charge in [0.2, 0.25) is 5.91 Å². The molecule has 2 rings (SSSR count). The fourth-order valence-corrected chi connectivity index (χ4v) is 5.19. The molecule has 1 aromatic carbocycles. The Labute approximate surface area is 168 Å². The first kappa shape index (κ1) is 22.4. The Hall–Kier alpha value is -1.93. The number of carbonyl (C=O) groups excluding carboxylic acids is 2. The molecule has 0 spiro atoms. The van der Waals surface area contributed by atoms with Gasteiger partial charge in [-0.05, 0) is 37.6 Å². The molecule has 2 amide bonds. The lowest BCUT2D eigenvalue weighted by Gasteiger charge is -2.30. The van der Waals surface area contributed by atoms with Crippen LogP contribution in [0.1, 0.15) is 42.1 Å². The maximum absolute atomic E-state index is 12.9. The summed E-state index contributed by atoms with van der Waals surface area (Å²) in [5.74, 6) is 0.0852. The number of carbonyl (C=O) groups is 2. The topological polar surface area (TPSA) is 86.8 Å². The third-order valence-electron chi connectivity index (χ3n) is 5.02. The van der Waals surface area contributed by atoms with E-state index >= 15 is 0 Å². The van der Waals surface area contributed by atoms with Gasteiger partial charge in [-0.15, -0.1) is 0 Å². The predicted octanol–water partition coefficient (Wildman–Crippen LogP) is 1.29. The molecule has 0 radical (unpaired) electrons. The largest absolute Gasteiger partial charge is 0.355 e. The Morgan fingerprint density at radius 1 is 1.21 bits per heavy atom. The number of likely N-dealkylation sites (N-methyl/N-ethyl adjacent to an activating group) is 1. The third-order valence-corrected chi connectivity index (χ3v) is 6.77. The van der Waals surface area contributed by atoms with Crippen LogP contribution in [0.15, 0.2) is 24.3 Å². The molecule has 1 aliphatic rings. The average molecular weight is 410 g/mol. The molecule has 156 valence electrons. The lowest BCUT2D eigenvalue weighted by molar-refractivity contribution is -0.134. The molecule has 1 aliphatic heterocycles. The molecule has 0 saturated carbocycles. The highest BCUT2D eigenvalue weighted by atomic mass is 32.2. The molecule has 1 fully saturated rings. The van der Waals surface area contributed by atoms with Crippen LogP contribution in [0.25, 0.3) is 0 Å².